The van der Waals surface area contributed by atoms with Gasteiger partial charge in [-0.2, -0.15) is 0 Å². The Bertz CT molecular complexity index is 186. The van der Waals surface area contributed by atoms with Gasteiger partial charge in [-0.25, -0.2) is 0 Å². The highest BCUT2D eigenvalue weighted by atomic mass is 16.5. The first kappa shape index (κ1) is 13.9. The minimum absolute atomic E-state index is 0.0577. The third-order valence-electron chi connectivity index (χ3n) is 3.75. The first-order valence-corrected chi connectivity index (χ1v) is 6.53. The van der Waals surface area contributed by atoms with Crippen LogP contribution < -0.4 is 5.73 Å². The molecule has 1 rings (SSSR count). The Kier molecular flexibility index (Phi) is 5.73. The standard InChI is InChI=1S/C13H27NO2/c1-11(2)5-7-16-8-6-13(9-14,10-15)12-3-4-12/h11-12,15H,3-10,14H2,1-2H3. The lowest BCUT2D eigenvalue weighted by Crippen LogP contribution is -2.37. The van der Waals surface area contributed by atoms with Crippen molar-refractivity contribution in [3.05, 3.63) is 0 Å². The number of ether oxygens (including phenoxy) is 1. The molecular formula is C13H27NO2. The molecule has 1 fully saturated rings. The van der Waals surface area contributed by atoms with E-state index in [1.807, 2.05) is 0 Å². The largest absolute Gasteiger partial charge is 0.396 e. The van der Waals surface area contributed by atoms with E-state index in [-0.39, 0.29) is 12.0 Å². The van der Waals surface area contributed by atoms with Crippen molar-refractivity contribution in [3.63, 3.8) is 0 Å². The number of rotatable bonds is 9. The van der Waals surface area contributed by atoms with Gasteiger partial charge in [0.2, 0.25) is 0 Å². The Hall–Kier alpha value is -0.120. The summed E-state index contributed by atoms with van der Waals surface area (Å²) in [6, 6.07) is 0. The Morgan fingerprint density at radius 1 is 1.38 bits per heavy atom. The quantitative estimate of drug-likeness (QED) is 0.593. The lowest BCUT2D eigenvalue weighted by Gasteiger charge is -2.30. The Morgan fingerprint density at radius 2 is 2.06 bits per heavy atom. The third kappa shape index (κ3) is 4.04. The molecule has 0 aliphatic heterocycles. The molecule has 3 nitrogen and oxygen atoms in total. The van der Waals surface area contributed by atoms with Crippen LogP contribution in [0.25, 0.3) is 0 Å². The fourth-order valence-electron chi connectivity index (χ4n) is 2.14. The van der Waals surface area contributed by atoms with E-state index < -0.39 is 0 Å². The summed E-state index contributed by atoms with van der Waals surface area (Å²) in [5.74, 6) is 1.33. The van der Waals surface area contributed by atoms with Crippen molar-refractivity contribution < 1.29 is 9.84 Å². The van der Waals surface area contributed by atoms with Crippen LogP contribution >= 0.6 is 0 Å². The van der Waals surface area contributed by atoms with E-state index >= 15 is 0 Å². The molecule has 0 saturated heterocycles. The van der Waals surface area contributed by atoms with Crippen molar-refractivity contribution in [2.45, 2.75) is 39.5 Å². The molecule has 0 heterocycles. The highest BCUT2D eigenvalue weighted by molar-refractivity contribution is 4.94. The predicted octanol–water partition coefficient (Wildman–Crippen LogP) is 1.79. The van der Waals surface area contributed by atoms with Crippen LogP contribution in [0.4, 0.5) is 0 Å². The number of nitrogens with two attached hydrogens (primary N) is 1. The predicted molar refractivity (Wildman–Crippen MR) is 66.2 cm³/mol. The van der Waals surface area contributed by atoms with Gasteiger partial charge in [-0.15, -0.1) is 0 Å². The van der Waals surface area contributed by atoms with E-state index in [0.717, 1.165) is 26.1 Å². The van der Waals surface area contributed by atoms with Crippen molar-refractivity contribution in [2.24, 2.45) is 23.0 Å². The fourth-order valence-corrected chi connectivity index (χ4v) is 2.14. The first-order chi connectivity index (χ1) is 7.64. The highest BCUT2D eigenvalue weighted by Gasteiger charge is 2.43. The maximum Gasteiger partial charge on any atom is 0.0503 e. The lowest BCUT2D eigenvalue weighted by molar-refractivity contribution is 0.0445. The van der Waals surface area contributed by atoms with Gasteiger partial charge >= 0.3 is 0 Å². The molecule has 1 aliphatic rings. The van der Waals surface area contributed by atoms with Crippen molar-refractivity contribution in [3.8, 4) is 0 Å². The SMILES string of the molecule is CC(C)CCOCCC(CN)(CO)C1CC1. The number of aliphatic hydroxyl groups is 1. The summed E-state index contributed by atoms with van der Waals surface area (Å²) in [7, 11) is 0. The molecule has 0 amide bonds. The molecule has 1 unspecified atom stereocenters. The van der Waals surface area contributed by atoms with Crippen LogP contribution in [0.5, 0.6) is 0 Å². The summed E-state index contributed by atoms with van der Waals surface area (Å²) < 4.78 is 5.61. The molecule has 0 aromatic rings. The Balaban J connectivity index is 2.17. The van der Waals surface area contributed by atoms with Crippen LogP contribution in [0.2, 0.25) is 0 Å². The van der Waals surface area contributed by atoms with Crippen molar-refractivity contribution in [2.75, 3.05) is 26.4 Å². The van der Waals surface area contributed by atoms with Gasteiger partial charge < -0.3 is 15.6 Å². The zero-order valence-electron chi connectivity index (χ0n) is 10.7. The number of hydrogen-bond acceptors (Lipinski definition) is 3. The van der Waals surface area contributed by atoms with Gasteiger partial charge in [0.25, 0.3) is 0 Å². The number of aliphatic hydroxyl groups excluding tert-OH is 1. The Morgan fingerprint density at radius 3 is 2.50 bits per heavy atom. The number of hydrogen-bond donors (Lipinski definition) is 2. The monoisotopic (exact) mass is 229 g/mol. The van der Waals surface area contributed by atoms with Crippen molar-refractivity contribution in [1.29, 1.82) is 0 Å². The average molecular weight is 229 g/mol. The van der Waals surface area contributed by atoms with Crippen LogP contribution in [-0.2, 0) is 4.74 Å². The second kappa shape index (κ2) is 6.58. The zero-order valence-corrected chi connectivity index (χ0v) is 10.7. The molecule has 0 radical (unpaired) electrons. The third-order valence-corrected chi connectivity index (χ3v) is 3.75. The van der Waals surface area contributed by atoms with Gasteiger partial charge in [0.1, 0.15) is 0 Å². The molecule has 0 bridgehead atoms. The molecule has 16 heavy (non-hydrogen) atoms. The van der Waals surface area contributed by atoms with E-state index in [4.69, 9.17) is 10.5 Å². The lowest BCUT2D eigenvalue weighted by atomic mass is 9.80. The van der Waals surface area contributed by atoms with Gasteiger partial charge in [-0.3, -0.25) is 0 Å². The van der Waals surface area contributed by atoms with Gasteiger partial charge in [0.15, 0.2) is 0 Å². The molecule has 1 aliphatic carbocycles. The van der Waals surface area contributed by atoms with Crippen molar-refractivity contribution in [1.82, 2.24) is 0 Å². The summed E-state index contributed by atoms with van der Waals surface area (Å²) in [5, 5.41) is 9.50. The van der Waals surface area contributed by atoms with Crippen LogP contribution in [0.3, 0.4) is 0 Å². The molecule has 3 heteroatoms. The minimum atomic E-state index is -0.0577. The summed E-state index contributed by atoms with van der Waals surface area (Å²) in [4.78, 5) is 0. The molecule has 3 N–H and O–H groups in total. The van der Waals surface area contributed by atoms with Crippen molar-refractivity contribution >= 4 is 0 Å². The molecule has 96 valence electrons. The van der Waals surface area contributed by atoms with Gasteiger partial charge in [0, 0.05) is 25.2 Å². The van der Waals surface area contributed by atoms with Crippen LogP contribution in [0.1, 0.15) is 39.5 Å². The molecule has 1 saturated carbocycles. The van der Waals surface area contributed by atoms with E-state index in [0.29, 0.717) is 18.4 Å². The van der Waals surface area contributed by atoms with E-state index in [1.54, 1.807) is 0 Å². The van der Waals surface area contributed by atoms with Gasteiger partial charge in [0.05, 0.1) is 6.61 Å². The van der Waals surface area contributed by atoms with Gasteiger partial charge in [-0.1, -0.05) is 13.8 Å². The van der Waals surface area contributed by atoms with Crippen LogP contribution in [0, 0.1) is 17.3 Å². The Labute approximate surface area is 99.4 Å². The molecule has 0 spiro atoms. The summed E-state index contributed by atoms with van der Waals surface area (Å²) in [6.45, 7) is 6.76. The summed E-state index contributed by atoms with van der Waals surface area (Å²) in [5.41, 5.74) is 5.75. The second-order valence-electron chi connectivity index (χ2n) is 5.54. The van der Waals surface area contributed by atoms with Gasteiger partial charge in [-0.05, 0) is 37.5 Å². The minimum Gasteiger partial charge on any atom is -0.396 e. The molecule has 1 atom stereocenters. The maximum absolute atomic E-state index is 9.50. The molecular weight excluding hydrogens is 202 g/mol. The molecule has 0 aromatic carbocycles. The molecule has 0 aromatic heterocycles. The second-order valence-corrected chi connectivity index (χ2v) is 5.54. The fraction of sp³-hybridized carbons (Fsp3) is 1.00. The summed E-state index contributed by atoms with van der Waals surface area (Å²) in [6.07, 6.45) is 4.47. The highest BCUT2D eigenvalue weighted by Crippen LogP contribution is 2.46. The first-order valence-electron chi connectivity index (χ1n) is 6.53. The normalized spacial score (nSPS) is 20.1. The van der Waals surface area contributed by atoms with E-state index in [9.17, 15) is 5.11 Å². The van der Waals surface area contributed by atoms with Crippen LogP contribution in [0.15, 0.2) is 0 Å². The van der Waals surface area contributed by atoms with E-state index in [2.05, 4.69) is 13.8 Å². The van der Waals surface area contributed by atoms with Crippen LogP contribution in [-0.4, -0.2) is 31.5 Å². The smallest absolute Gasteiger partial charge is 0.0503 e. The summed E-state index contributed by atoms with van der Waals surface area (Å²) >= 11 is 0. The van der Waals surface area contributed by atoms with E-state index in [1.165, 1.54) is 12.8 Å². The topological polar surface area (TPSA) is 55.5 Å². The average Bonchev–Trinajstić information content (AvgIpc) is 3.08. The zero-order chi connectivity index (χ0) is 12.0. The maximum atomic E-state index is 9.50.